The molecule has 1 N–H and O–H groups in total. The molecule has 1 aliphatic heterocycles. The van der Waals surface area contributed by atoms with Crippen LogP contribution in [0.3, 0.4) is 0 Å². The first-order valence-electron chi connectivity index (χ1n) is 7.70. The molecule has 130 valence electrons. The van der Waals surface area contributed by atoms with Crippen LogP contribution in [0, 0.1) is 0 Å². The molecule has 0 aromatic heterocycles. The van der Waals surface area contributed by atoms with Gasteiger partial charge in [0.2, 0.25) is 0 Å². The normalized spacial score (nSPS) is 13.7. The first kappa shape index (κ1) is 17.3. The summed E-state index contributed by atoms with van der Waals surface area (Å²) in [5.74, 6) is 0.203. The lowest BCUT2D eigenvalue weighted by atomic mass is 10.2. The van der Waals surface area contributed by atoms with Crippen LogP contribution >= 0.6 is 15.9 Å². The fourth-order valence-corrected chi connectivity index (χ4v) is 2.72. The van der Waals surface area contributed by atoms with Gasteiger partial charge >= 0.3 is 5.97 Å². The van der Waals surface area contributed by atoms with E-state index in [2.05, 4.69) is 21.2 Å². The molecule has 3 rings (SSSR count). The fourth-order valence-electron chi connectivity index (χ4n) is 2.27. The lowest BCUT2D eigenvalue weighted by Crippen LogP contribution is -2.30. The summed E-state index contributed by atoms with van der Waals surface area (Å²) >= 11 is 3.29. The molecule has 6 nitrogen and oxygen atoms in total. The zero-order chi connectivity index (χ0) is 17.8. The Morgan fingerprint density at radius 3 is 2.60 bits per heavy atom. The Labute approximate surface area is 153 Å². The molecule has 0 saturated carbocycles. The van der Waals surface area contributed by atoms with E-state index in [9.17, 15) is 9.59 Å². The summed E-state index contributed by atoms with van der Waals surface area (Å²) in [5, 5.41) is 2.70. The molecule has 2 aromatic carbocycles. The number of carbonyl (C=O) groups is 2. The van der Waals surface area contributed by atoms with E-state index < -0.39 is 18.0 Å². The zero-order valence-corrected chi connectivity index (χ0v) is 15.0. The third-order valence-corrected chi connectivity index (χ3v) is 4.25. The van der Waals surface area contributed by atoms with Crippen molar-refractivity contribution < 1.29 is 23.8 Å². The first-order valence-corrected chi connectivity index (χ1v) is 8.50. The Kier molecular flexibility index (Phi) is 5.23. The van der Waals surface area contributed by atoms with Gasteiger partial charge in [0.1, 0.15) is 13.2 Å². The maximum absolute atomic E-state index is 12.3. The van der Waals surface area contributed by atoms with Gasteiger partial charge in [-0.25, -0.2) is 4.79 Å². The van der Waals surface area contributed by atoms with Crippen LogP contribution in [0.5, 0.6) is 11.5 Å². The minimum absolute atomic E-state index is 0.362. The Morgan fingerprint density at radius 2 is 1.84 bits per heavy atom. The van der Waals surface area contributed by atoms with Gasteiger partial charge in [-0.15, -0.1) is 0 Å². The van der Waals surface area contributed by atoms with Gasteiger partial charge in [0.25, 0.3) is 5.91 Å². The summed E-state index contributed by atoms with van der Waals surface area (Å²) in [5.41, 5.74) is 0.902. The van der Waals surface area contributed by atoms with E-state index in [1.54, 1.807) is 42.5 Å². The maximum atomic E-state index is 12.3. The van der Waals surface area contributed by atoms with Gasteiger partial charge < -0.3 is 19.5 Å². The molecule has 0 radical (unpaired) electrons. The zero-order valence-electron chi connectivity index (χ0n) is 13.5. The highest BCUT2D eigenvalue weighted by atomic mass is 79.9. The minimum Gasteiger partial charge on any atom is -0.486 e. The van der Waals surface area contributed by atoms with Crippen LogP contribution in [0.25, 0.3) is 0 Å². The number of amides is 1. The number of benzene rings is 2. The van der Waals surface area contributed by atoms with E-state index in [1.807, 2.05) is 0 Å². The number of carbonyl (C=O) groups excluding carboxylic acids is 2. The molecule has 1 amide bonds. The average molecular weight is 406 g/mol. The van der Waals surface area contributed by atoms with E-state index in [0.717, 1.165) is 0 Å². The highest BCUT2D eigenvalue weighted by Crippen LogP contribution is 2.32. The largest absolute Gasteiger partial charge is 0.486 e. The molecule has 0 bridgehead atoms. The number of hydrogen-bond donors (Lipinski definition) is 1. The van der Waals surface area contributed by atoms with Gasteiger partial charge in [0, 0.05) is 16.2 Å². The number of ether oxygens (including phenoxy) is 3. The van der Waals surface area contributed by atoms with Crippen LogP contribution in [0.2, 0.25) is 0 Å². The number of nitrogens with one attached hydrogen (secondary N) is 1. The van der Waals surface area contributed by atoms with Crippen LogP contribution in [0.1, 0.15) is 17.3 Å². The van der Waals surface area contributed by atoms with E-state index in [4.69, 9.17) is 14.2 Å². The summed E-state index contributed by atoms with van der Waals surface area (Å²) in [7, 11) is 0. The summed E-state index contributed by atoms with van der Waals surface area (Å²) in [6.07, 6.45) is -0.951. The van der Waals surface area contributed by atoms with E-state index >= 15 is 0 Å². The second kappa shape index (κ2) is 7.57. The lowest BCUT2D eigenvalue weighted by Gasteiger charge is -2.19. The summed E-state index contributed by atoms with van der Waals surface area (Å²) < 4.78 is 16.7. The van der Waals surface area contributed by atoms with Crippen molar-refractivity contribution in [3.63, 3.8) is 0 Å². The summed E-state index contributed by atoms with van der Waals surface area (Å²) in [6.45, 7) is 2.48. The topological polar surface area (TPSA) is 73.9 Å². The van der Waals surface area contributed by atoms with Crippen LogP contribution in [0.15, 0.2) is 46.9 Å². The number of halogens is 1. The standard InChI is InChI=1S/C18H16BrNO5/c1-11(25-18(22)13-4-2-3-5-14(13)19)17(21)20-12-6-7-15-16(10-12)24-9-8-23-15/h2-7,10-11H,8-9H2,1H3,(H,20,21)/t11-/m1/s1. The van der Waals surface area contributed by atoms with Crippen LogP contribution in [-0.4, -0.2) is 31.2 Å². The predicted molar refractivity (Wildman–Crippen MR) is 95.1 cm³/mol. The smallest absolute Gasteiger partial charge is 0.340 e. The molecule has 0 fully saturated rings. The average Bonchev–Trinajstić information content (AvgIpc) is 2.61. The molecular weight excluding hydrogens is 390 g/mol. The number of hydrogen-bond acceptors (Lipinski definition) is 5. The molecule has 1 atom stereocenters. The van der Waals surface area contributed by atoms with Crippen molar-refractivity contribution in [1.82, 2.24) is 0 Å². The van der Waals surface area contributed by atoms with Gasteiger partial charge in [0.15, 0.2) is 17.6 Å². The summed E-state index contributed by atoms with van der Waals surface area (Å²) in [4.78, 5) is 24.4. The van der Waals surface area contributed by atoms with Gasteiger partial charge in [-0.1, -0.05) is 12.1 Å². The lowest BCUT2D eigenvalue weighted by molar-refractivity contribution is -0.123. The molecular formula is C18H16BrNO5. The highest BCUT2D eigenvalue weighted by Gasteiger charge is 2.21. The second-order valence-electron chi connectivity index (χ2n) is 5.38. The van der Waals surface area contributed by atoms with E-state index in [-0.39, 0.29) is 0 Å². The molecule has 0 saturated heterocycles. The third-order valence-electron chi connectivity index (χ3n) is 3.56. The van der Waals surface area contributed by atoms with Crippen molar-refractivity contribution in [3.8, 4) is 11.5 Å². The fraction of sp³-hybridized carbons (Fsp3) is 0.222. The number of rotatable bonds is 4. The molecule has 25 heavy (non-hydrogen) atoms. The Morgan fingerprint density at radius 1 is 1.12 bits per heavy atom. The van der Waals surface area contributed by atoms with Crippen molar-refractivity contribution >= 4 is 33.5 Å². The van der Waals surface area contributed by atoms with Crippen molar-refractivity contribution in [3.05, 3.63) is 52.5 Å². The molecule has 2 aromatic rings. The van der Waals surface area contributed by atoms with Crippen molar-refractivity contribution in [2.75, 3.05) is 18.5 Å². The second-order valence-corrected chi connectivity index (χ2v) is 6.23. The predicted octanol–water partition coefficient (Wildman–Crippen LogP) is 3.40. The van der Waals surface area contributed by atoms with Crippen LogP contribution in [-0.2, 0) is 9.53 Å². The number of esters is 1. The van der Waals surface area contributed by atoms with Gasteiger partial charge in [-0.05, 0) is 47.1 Å². The van der Waals surface area contributed by atoms with Crippen molar-refractivity contribution in [1.29, 1.82) is 0 Å². The van der Waals surface area contributed by atoms with Crippen LogP contribution < -0.4 is 14.8 Å². The molecule has 0 unspecified atom stereocenters. The summed E-state index contributed by atoms with van der Waals surface area (Å²) in [6, 6.07) is 12.0. The van der Waals surface area contributed by atoms with Gasteiger partial charge in [-0.3, -0.25) is 4.79 Å². The third kappa shape index (κ3) is 4.11. The molecule has 1 heterocycles. The molecule has 0 aliphatic carbocycles. The number of fused-ring (bicyclic) bond motifs is 1. The molecule has 0 spiro atoms. The van der Waals surface area contributed by atoms with Crippen LogP contribution in [0.4, 0.5) is 5.69 Å². The Hall–Kier alpha value is -2.54. The maximum Gasteiger partial charge on any atom is 0.340 e. The van der Waals surface area contributed by atoms with Crippen molar-refractivity contribution in [2.24, 2.45) is 0 Å². The number of anilines is 1. The Bertz CT molecular complexity index is 808. The monoisotopic (exact) mass is 405 g/mol. The van der Waals surface area contributed by atoms with Gasteiger partial charge in [-0.2, -0.15) is 0 Å². The SMILES string of the molecule is C[C@@H](OC(=O)c1ccccc1Br)C(=O)Nc1ccc2c(c1)OCCO2. The molecule has 1 aliphatic rings. The molecule has 7 heteroatoms. The minimum atomic E-state index is -0.951. The van der Waals surface area contributed by atoms with Gasteiger partial charge in [0.05, 0.1) is 5.56 Å². The quantitative estimate of drug-likeness (QED) is 0.788. The van der Waals surface area contributed by atoms with E-state index in [1.165, 1.54) is 6.92 Å². The highest BCUT2D eigenvalue weighted by molar-refractivity contribution is 9.10. The van der Waals surface area contributed by atoms with E-state index in [0.29, 0.717) is 40.4 Å². The Balaban J connectivity index is 1.63. The first-order chi connectivity index (χ1) is 12.0. The van der Waals surface area contributed by atoms with Crippen molar-refractivity contribution in [2.45, 2.75) is 13.0 Å².